The molecule has 29 heavy (non-hydrogen) atoms. The minimum atomic E-state index is -0.922. The number of aromatic nitrogens is 2. The fourth-order valence-corrected chi connectivity index (χ4v) is 3.52. The van der Waals surface area contributed by atoms with Gasteiger partial charge >= 0.3 is 5.97 Å². The number of fused-ring (bicyclic) bond motifs is 1. The molecule has 148 valence electrons. The highest BCUT2D eigenvalue weighted by Crippen LogP contribution is 2.29. The lowest BCUT2D eigenvalue weighted by atomic mass is 9.98. The molecule has 0 radical (unpaired) electrons. The Balaban J connectivity index is 1.64. The van der Waals surface area contributed by atoms with E-state index in [0.29, 0.717) is 33.5 Å². The maximum atomic E-state index is 12.9. The fraction of sp³-hybridized carbons (Fsp3) is 0.190. The van der Waals surface area contributed by atoms with Gasteiger partial charge in [-0.25, -0.2) is 9.48 Å². The number of esters is 1. The maximum absolute atomic E-state index is 12.9. The lowest BCUT2D eigenvalue weighted by Gasteiger charge is -2.24. The molecule has 6 nitrogen and oxygen atoms in total. The number of ether oxygens (including phenoxy) is 1. The monoisotopic (exact) mass is 429 g/mol. The van der Waals surface area contributed by atoms with Crippen molar-refractivity contribution in [3.63, 3.8) is 0 Å². The minimum absolute atomic E-state index is 0.312. The van der Waals surface area contributed by atoms with Crippen molar-refractivity contribution in [2.24, 2.45) is 0 Å². The SMILES string of the molecule is Cc1nn(-c2ccc(Cl)c(Cl)c2)c(NC(=O)C2Cc3ccccc3C(=O)O2)c1C. The van der Waals surface area contributed by atoms with Crippen LogP contribution in [0.4, 0.5) is 5.82 Å². The molecule has 0 fully saturated rings. The molecule has 1 unspecified atom stereocenters. The molecule has 1 aromatic heterocycles. The highest BCUT2D eigenvalue weighted by atomic mass is 35.5. The molecule has 2 aromatic carbocycles. The van der Waals surface area contributed by atoms with Gasteiger partial charge in [0.15, 0.2) is 6.10 Å². The van der Waals surface area contributed by atoms with E-state index in [-0.39, 0.29) is 0 Å². The average Bonchev–Trinajstić information content (AvgIpc) is 2.98. The molecule has 1 N–H and O–H groups in total. The normalized spacial score (nSPS) is 15.6. The van der Waals surface area contributed by atoms with Crippen molar-refractivity contribution in [1.29, 1.82) is 0 Å². The summed E-state index contributed by atoms with van der Waals surface area (Å²) >= 11 is 12.1. The molecule has 0 saturated heterocycles. The van der Waals surface area contributed by atoms with Crippen molar-refractivity contribution in [1.82, 2.24) is 9.78 Å². The first-order valence-electron chi connectivity index (χ1n) is 8.96. The molecule has 1 amide bonds. The number of cyclic esters (lactones) is 1. The van der Waals surface area contributed by atoms with Crippen LogP contribution in [-0.4, -0.2) is 27.8 Å². The quantitative estimate of drug-likeness (QED) is 0.621. The molecule has 3 aromatic rings. The third kappa shape index (κ3) is 3.61. The summed E-state index contributed by atoms with van der Waals surface area (Å²) < 4.78 is 6.94. The van der Waals surface area contributed by atoms with Crippen LogP contribution < -0.4 is 5.32 Å². The second-order valence-electron chi connectivity index (χ2n) is 6.81. The average molecular weight is 430 g/mol. The first kappa shape index (κ1) is 19.5. The van der Waals surface area contributed by atoms with E-state index < -0.39 is 18.0 Å². The lowest BCUT2D eigenvalue weighted by Crippen LogP contribution is -2.38. The van der Waals surface area contributed by atoms with Gasteiger partial charge in [-0.1, -0.05) is 41.4 Å². The van der Waals surface area contributed by atoms with Gasteiger partial charge in [-0.3, -0.25) is 4.79 Å². The third-order valence-corrected chi connectivity index (χ3v) is 5.67. The van der Waals surface area contributed by atoms with Crippen molar-refractivity contribution < 1.29 is 14.3 Å². The Morgan fingerprint density at radius 3 is 2.69 bits per heavy atom. The Bertz CT molecular complexity index is 1140. The van der Waals surface area contributed by atoms with Crippen LogP contribution in [0.2, 0.25) is 10.0 Å². The second-order valence-corrected chi connectivity index (χ2v) is 7.63. The first-order valence-corrected chi connectivity index (χ1v) is 9.72. The predicted octanol–water partition coefficient (Wildman–Crippen LogP) is 4.52. The number of amides is 1. The summed E-state index contributed by atoms with van der Waals surface area (Å²) in [6, 6.07) is 12.2. The number of hydrogen-bond acceptors (Lipinski definition) is 4. The van der Waals surface area contributed by atoms with Crippen LogP contribution in [0.3, 0.4) is 0 Å². The van der Waals surface area contributed by atoms with Crippen LogP contribution in [-0.2, 0) is 16.0 Å². The molecular formula is C21H17Cl2N3O3. The van der Waals surface area contributed by atoms with Crippen LogP contribution in [0.25, 0.3) is 5.69 Å². The standard InChI is InChI=1S/C21H17Cl2N3O3/c1-11-12(2)25-26(14-7-8-16(22)17(23)10-14)19(11)24-20(27)18-9-13-5-3-4-6-15(13)21(28)29-18/h3-8,10,18H,9H2,1-2H3,(H,24,27). The zero-order valence-corrected chi connectivity index (χ0v) is 17.2. The molecule has 0 bridgehead atoms. The van der Waals surface area contributed by atoms with Gasteiger partial charge in [-0.05, 0) is 43.7 Å². The van der Waals surface area contributed by atoms with Gasteiger partial charge in [-0.15, -0.1) is 0 Å². The van der Waals surface area contributed by atoms with E-state index in [1.807, 2.05) is 26.0 Å². The number of aryl methyl sites for hydroxylation is 1. The first-order chi connectivity index (χ1) is 13.8. The second kappa shape index (κ2) is 7.54. The smallest absolute Gasteiger partial charge is 0.339 e. The topological polar surface area (TPSA) is 73.2 Å². The number of carbonyl (C=O) groups excluding carboxylic acids is 2. The summed E-state index contributed by atoms with van der Waals surface area (Å²) in [4.78, 5) is 25.1. The van der Waals surface area contributed by atoms with Crippen LogP contribution in [0.1, 0.15) is 27.2 Å². The Hall–Kier alpha value is -2.83. The maximum Gasteiger partial charge on any atom is 0.339 e. The van der Waals surface area contributed by atoms with Crippen molar-refractivity contribution in [2.45, 2.75) is 26.4 Å². The number of benzene rings is 2. The van der Waals surface area contributed by atoms with Crippen LogP contribution in [0.15, 0.2) is 42.5 Å². The van der Waals surface area contributed by atoms with Crippen molar-refractivity contribution in [2.75, 3.05) is 5.32 Å². The zero-order chi connectivity index (χ0) is 20.7. The van der Waals surface area contributed by atoms with Gasteiger partial charge in [0.25, 0.3) is 5.91 Å². The van der Waals surface area contributed by atoms with Crippen LogP contribution >= 0.6 is 23.2 Å². The van der Waals surface area contributed by atoms with Gasteiger partial charge < -0.3 is 10.1 Å². The molecule has 2 heterocycles. The molecule has 1 atom stereocenters. The number of halogens is 2. The van der Waals surface area contributed by atoms with Crippen molar-refractivity contribution >= 4 is 40.9 Å². The highest BCUT2D eigenvalue weighted by molar-refractivity contribution is 6.42. The summed E-state index contributed by atoms with van der Waals surface area (Å²) in [6.07, 6.45) is -0.610. The molecule has 0 saturated carbocycles. The van der Waals surface area contributed by atoms with Gasteiger partial charge in [0, 0.05) is 12.0 Å². The van der Waals surface area contributed by atoms with Gasteiger partial charge in [0.1, 0.15) is 5.82 Å². The van der Waals surface area contributed by atoms with E-state index in [9.17, 15) is 9.59 Å². The summed E-state index contributed by atoms with van der Waals surface area (Å²) in [6.45, 7) is 3.70. The number of nitrogens with zero attached hydrogens (tertiary/aromatic N) is 2. The van der Waals surface area contributed by atoms with E-state index in [2.05, 4.69) is 10.4 Å². The fourth-order valence-electron chi connectivity index (χ4n) is 3.23. The Kier molecular flexibility index (Phi) is 5.06. The highest BCUT2D eigenvalue weighted by Gasteiger charge is 2.32. The molecule has 1 aliphatic rings. The van der Waals surface area contributed by atoms with E-state index in [0.717, 1.165) is 16.8 Å². The van der Waals surface area contributed by atoms with Crippen LogP contribution in [0.5, 0.6) is 0 Å². The number of carbonyl (C=O) groups is 2. The predicted molar refractivity (Wildman–Crippen MR) is 111 cm³/mol. The Labute approximate surface area is 177 Å². The van der Waals surface area contributed by atoms with E-state index in [1.54, 1.807) is 35.0 Å². The van der Waals surface area contributed by atoms with E-state index in [1.165, 1.54) is 0 Å². The van der Waals surface area contributed by atoms with Gasteiger partial charge in [0.2, 0.25) is 0 Å². The van der Waals surface area contributed by atoms with E-state index in [4.69, 9.17) is 27.9 Å². The van der Waals surface area contributed by atoms with Crippen molar-refractivity contribution in [3.05, 3.63) is 74.9 Å². The number of nitrogens with one attached hydrogen (secondary N) is 1. The Morgan fingerprint density at radius 2 is 1.93 bits per heavy atom. The largest absolute Gasteiger partial charge is 0.448 e. The lowest BCUT2D eigenvalue weighted by molar-refractivity contribution is -0.125. The van der Waals surface area contributed by atoms with Crippen molar-refractivity contribution in [3.8, 4) is 5.69 Å². The Morgan fingerprint density at radius 1 is 1.17 bits per heavy atom. The van der Waals surface area contributed by atoms with E-state index >= 15 is 0 Å². The number of rotatable bonds is 3. The molecule has 1 aliphatic heterocycles. The van der Waals surface area contributed by atoms with Gasteiger partial charge in [-0.2, -0.15) is 5.10 Å². The number of hydrogen-bond donors (Lipinski definition) is 1. The summed E-state index contributed by atoms with van der Waals surface area (Å²) in [5, 5.41) is 8.16. The number of anilines is 1. The minimum Gasteiger partial charge on any atom is -0.448 e. The van der Waals surface area contributed by atoms with Gasteiger partial charge in [0.05, 0.1) is 27.0 Å². The molecule has 0 aliphatic carbocycles. The summed E-state index contributed by atoms with van der Waals surface area (Å²) in [5.41, 5.74) is 3.47. The molecule has 8 heteroatoms. The third-order valence-electron chi connectivity index (χ3n) is 4.93. The molecular weight excluding hydrogens is 413 g/mol. The zero-order valence-electron chi connectivity index (χ0n) is 15.7. The molecule has 0 spiro atoms. The summed E-state index contributed by atoms with van der Waals surface area (Å²) in [7, 11) is 0. The van der Waals surface area contributed by atoms with Crippen LogP contribution in [0, 0.1) is 13.8 Å². The molecule has 4 rings (SSSR count). The summed E-state index contributed by atoms with van der Waals surface area (Å²) in [5.74, 6) is -0.434.